The summed E-state index contributed by atoms with van der Waals surface area (Å²) >= 11 is 12.1. The van der Waals surface area contributed by atoms with Crippen LogP contribution >= 0.6 is 23.2 Å². The SMILES string of the molecule is CNCc1c(Cl)cccc1OCc1cccc(Cl)c1. The van der Waals surface area contributed by atoms with Crippen LogP contribution in [0.4, 0.5) is 0 Å². The molecule has 0 radical (unpaired) electrons. The Labute approximate surface area is 123 Å². The highest BCUT2D eigenvalue weighted by molar-refractivity contribution is 6.31. The molecule has 100 valence electrons. The van der Waals surface area contributed by atoms with Crippen LogP contribution in [-0.4, -0.2) is 7.05 Å². The van der Waals surface area contributed by atoms with E-state index in [2.05, 4.69) is 5.32 Å². The van der Waals surface area contributed by atoms with Crippen molar-refractivity contribution >= 4 is 23.2 Å². The third kappa shape index (κ3) is 3.87. The molecule has 19 heavy (non-hydrogen) atoms. The lowest BCUT2D eigenvalue weighted by molar-refractivity contribution is 0.302. The third-order valence-corrected chi connectivity index (χ3v) is 3.30. The number of benzene rings is 2. The van der Waals surface area contributed by atoms with Crippen molar-refractivity contribution in [2.75, 3.05) is 7.05 Å². The summed E-state index contributed by atoms with van der Waals surface area (Å²) in [6, 6.07) is 13.3. The second-order valence-corrected chi connectivity index (χ2v) is 5.01. The first-order valence-corrected chi connectivity index (χ1v) is 6.75. The maximum atomic E-state index is 6.17. The fourth-order valence-electron chi connectivity index (χ4n) is 1.81. The molecule has 0 unspecified atom stereocenters. The fraction of sp³-hybridized carbons (Fsp3) is 0.200. The van der Waals surface area contributed by atoms with Crippen molar-refractivity contribution in [3.05, 3.63) is 63.6 Å². The topological polar surface area (TPSA) is 21.3 Å². The lowest BCUT2D eigenvalue weighted by Crippen LogP contribution is -2.08. The zero-order valence-electron chi connectivity index (χ0n) is 10.6. The highest BCUT2D eigenvalue weighted by atomic mass is 35.5. The van der Waals surface area contributed by atoms with Crippen molar-refractivity contribution in [2.24, 2.45) is 0 Å². The summed E-state index contributed by atoms with van der Waals surface area (Å²) in [6.07, 6.45) is 0. The van der Waals surface area contributed by atoms with E-state index in [0.29, 0.717) is 23.2 Å². The average Bonchev–Trinajstić information content (AvgIpc) is 2.40. The molecular formula is C15H15Cl2NO. The minimum atomic E-state index is 0.470. The molecule has 0 aliphatic carbocycles. The molecule has 2 nitrogen and oxygen atoms in total. The summed E-state index contributed by atoms with van der Waals surface area (Å²) in [7, 11) is 1.88. The van der Waals surface area contributed by atoms with Gasteiger partial charge in [-0.3, -0.25) is 0 Å². The van der Waals surface area contributed by atoms with Crippen LogP contribution in [0.2, 0.25) is 10.0 Å². The van der Waals surface area contributed by atoms with E-state index in [-0.39, 0.29) is 0 Å². The van der Waals surface area contributed by atoms with Gasteiger partial charge < -0.3 is 10.1 Å². The molecule has 0 aliphatic heterocycles. The molecule has 0 bridgehead atoms. The van der Waals surface area contributed by atoms with Crippen LogP contribution in [0.25, 0.3) is 0 Å². The zero-order valence-corrected chi connectivity index (χ0v) is 12.1. The largest absolute Gasteiger partial charge is 0.489 e. The van der Waals surface area contributed by atoms with Crippen molar-refractivity contribution in [2.45, 2.75) is 13.2 Å². The van der Waals surface area contributed by atoms with Gasteiger partial charge in [0.25, 0.3) is 0 Å². The first-order valence-electron chi connectivity index (χ1n) is 6.00. The standard InChI is InChI=1S/C15H15Cl2NO/c1-18-9-13-14(17)6-3-7-15(13)19-10-11-4-2-5-12(16)8-11/h2-8,18H,9-10H2,1H3. The molecule has 2 aromatic rings. The molecular weight excluding hydrogens is 281 g/mol. The van der Waals surface area contributed by atoms with Gasteiger partial charge in [0, 0.05) is 22.2 Å². The van der Waals surface area contributed by atoms with Gasteiger partial charge in [0.1, 0.15) is 12.4 Å². The minimum Gasteiger partial charge on any atom is -0.489 e. The molecule has 0 atom stereocenters. The van der Waals surface area contributed by atoms with Crippen LogP contribution in [0.3, 0.4) is 0 Å². The summed E-state index contributed by atoms with van der Waals surface area (Å²) in [4.78, 5) is 0. The lowest BCUT2D eigenvalue weighted by Gasteiger charge is -2.13. The summed E-state index contributed by atoms with van der Waals surface area (Å²) in [5.41, 5.74) is 2.00. The lowest BCUT2D eigenvalue weighted by atomic mass is 10.2. The normalized spacial score (nSPS) is 10.5. The molecule has 4 heteroatoms. The fourth-order valence-corrected chi connectivity index (χ4v) is 2.26. The van der Waals surface area contributed by atoms with Gasteiger partial charge in [-0.1, -0.05) is 41.4 Å². The monoisotopic (exact) mass is 295 g/mol. The molecule has 1 N–H and O–H groups in total. The Morgan fingerprint density at radius 1 is 1.11 bits per heavy atom. The van der Waals surface area contributed by atoms with Gasteiger partial charge in [-0.05, 0) is 36.9 Å². The Bertz CT molecular complexity index is 558. The Kier molecular flexibility index (Phi) is 5.08. The summed E-state index contributed by atoms with van der Waals surface area (Å²) < 4.78 is 5.83. The van der Waals surface area contributed by atoms with Crippen LogP contribution < -0.4 is 10.1 Å². The predicted octanol–water partition coefficient (Wildman–Crippen LogP) is 4.29. The first kappa shape index (κ1) is 14.2. The van der Waals surface area contributed by atoms with Crippen LogP contribution in [0.1, 0.15) is 11.1 Å². The van der Waals surface area contributed by atoms with Gasteiger partial charge in [0.15, 0.2) is 0 Å². The zero-order chi connectivity index (χ0) is 13.7. The summed E-state index contributed by atoms with van der Waals surface area (Å²) in [6.45, 7) is 1.14. The van der Waals surface area contributed by atoms with Crippen LogP contribution in [-0.2, 0) is 13.2 Å². The van der Waals surface area contributed by atoms with Crippen molar-refractivity contribution in [1.82, 2.24) is 5.32 Å². The second-order valence-electron chi connectivity index (χ2n) is 4.17. The molecule has 0 aliphatic rings. The van der Waals surface area contributed by atoms with Crippen LogP contribution in [0.5, 0.6) is 5.75 Å². The van der Waals surface area contributed by atoms with Gasteiger partial charge in [-0.25, -0.2) is 0 Å². The minimum absolute atomic E-state index is 0.470. The molecule has 0 fully saturated rings. The van der Waals surface area contributed by atoms with Crippen LogP contribution in [0.15, 0.2) is 42.5 Å². The van der Waals surface area contributed by atoms with Gasteiger partial charge in [0.05, 0.1) is 0 Å². The molecule has 2 rings (SSSR count). The predicted molar refractivity (Wildman–Crippen MR) is 80.0 cm³/mol. The Morgan fingerprint density at radius 3 is 2.63 bits per heavy atom. The maximum absolute atomic E-state index is 6.17. The second kappa shape index (κ2) is 6.80. The number of hydrogen-bond donors (Lipinski definition) is 1. The van der Waals surface area contributed by atoms with Crippen molar-refractivity contribution < 1.29 is 4.74 Å². The molecule has 0 saturated heterocycles. The van der Waals surface area contributed by atoms with Crippen molar-refractivity contribution in [1.29, 1.82) is 0 Å². The molecule has 2 aromatic carbocycles. The van der Waals surface area contributed by atoms with E-state index in [1.54, 1.807) is 0 Å². The molecule has 0 amide bonds. The molecule has 0 saturated carbocycles. The van der Waals surface area contributed by atoms with Gasteiger partial charge >= 0.3 is 0 Å². The molecule has 0 heterocycles. The maximum Gasteiger partial charge on any atom is 0.125 e. The van der Waals surface area contributed by atoms with Crippen LogP contribution in [0, 0.1) is 0 Å². The molecule has 0 spiro atoms. The smallest absolute Gasteiger partial charge is 0.125 e. The average molecular weight is 296 g/mol. The third-order valence-electron chi connectivity index (χ3n) is 2.71. The van der Waals surface area contributed by atoms with E-state index in [1.807, 2.05) is 49.5 Å². The number of hydrogen-bond acceptors (Lipinski definition) is 2. The van der Waals surface area contributed by atoms with Gasteiger partial charge in [0.2, 0.25) is 0 Å². The van der Waals surface area contributed by atoms with E-state index >= 15 is 0 Å². The van der Waals surface area contributed by atoms with E-state index in [0.717, 1.165) is 16.9 Å². The van der Waals surface area contributed by atoms with Gasteiger partial charge in [-0.2, -0.15) is 0 Å². The van der Waals surface area contributed by atoms with Crippen molar-refractivity contribution in [3.63, 3.8) is 0 Å². The Hall–Kier alpha value is -1.22. The van der Waals surface area contributed by atoms with Gasteiger partial charge in [-0.15, -0.1) is 0 Å². The summed E-state index contributed by atoms with van der Waals surface area (Å²) in [5, 5.41) is 4.50. The Morgan fingerprint density at radius 2 is 1.89 bits per heavy atom. The number of ether oxygens (including phenoxy) is 1. The van der Waals surface area contributed by atoms with E-state index in [9.17, 15) is 0 Å². The first-order chi connectivity index (χ1) is 9.20. The van der Waals surface area contributed by atoms with E-state index < -0.39 is 0 Å². The van der Waals surface area contributed by atoms with E-state index in [1.165, 1.54) is 0 Å². The number of halogens is 2. The quantitative estimate of drug-likeness (QED) is 0.888. The Balaban J connectivity index is 2.13. The highest BCUT2D eigenvalue weighted by Gasteiger charge is 2.07. The van der Waals surface area contributed by atoms with E-state index in [4.69, 9.17) is 27.9 Å². The highest BCUT2D eigenvalue weighted by Crippen LogP contribution is 2.27. The van der Waals surface area contributed by atoms with Crippen molar-refractivity contribution in [3.8, 4) is 5.75 Å². The number of rotatable bonds is 5. The summed E-state index contributed by atoms with van der Waals surface area (Å²) in [5.74, 6) is 0.793. The number of nitrogens with one attached hydrogen (secondary N) is 1. The molecule has 0 aromatic heterocycles.